The average Bonchev–Trinajstić information content (AvgIpc) is 2.62. The van der Waals surface area contributed by atoms with E-state index < -0.39 is 0 Å². The van der Waals surface area contributed by atoms with Crippen molar-refractivity contribution in [2.24, 2.45) is 0 Å². The Bertz CT molecular complexity index is 371. The third-order valence-electron chi connectivity index (χ3n) is 1.43. The molecular weight excluding hydrogens is 250 g/mol. The minimum atomic E-state index is 0.669. The highest BCUT2D eigenvalue weighted by molar-refractivity contribution is 9.10. The molecule has 2 rings (SSSR count). The van der Waals surface area contributed by atoms with Crippen LogP contribution in [0.1, 0.15) is 0 Å². The summed E-state index contributed by atoms with van der Waals surface area (Å²) in [6.45, 7) is 0. The molecule has 2 nitrogen and oxygen atoms in total. The van der Waals surface area contributed by atoms with Crippen LogP contribution in [0.4, 0.5) is 0 Å². The zero-order valence-electron chi connectivity index (χ0n) is 6.61. The molecule has 0 fully saturated rings. The normalized spacial score (nSPS) is 9.92. The van der Waals surface area contributed by atoms with Crippen molar-refractivity contribution in [2.45, 2.75) is 0 Å². The molecule has 0 unspecified atom stereocenters. The maximum atomic E-state index is 5.46. The maximum Gasteiger partial charge on any atom is 0.278 e. The van der Waals surface area contributed by atoms with E-state index in [0.717, 1.165) is 10.2 Å². The van der Waals surface area contributed by atoms with Gasteiger partial charge in [0.1, 0.15) is 5.75 Å². The van der Waals surface area contributed by atoms with Crippen LogP contribution in [0.5, 0.6) is 10.9 Å². The van der Waals surface area contributed by atoms with Crippen molar-refractivity contribution in [3.63, 3.8) is 0 Å². The molecule has 4 heteroatoms. The number of aromatic nitrogens is 1. The molecule has 0 N–H and O–H groups in total. The second-order valence-electron chi connectivity index (χ2n) is 2.35. The lowest BCUT2D eigenvalue weighted by Crippen LogP contribution is -1.81. The molecule has 0 amide bonds. The molecule has 0 saturated carbocycles. The maximum absolute atomic E-state index is 5.46. The second kappa shape index (κ2) is 3.89. The summed E-state index contributed by atoms with van der Waals surface area (Å²) in [4.78, 5) is 4.02. The van der Waals surface area contributed by atoms with Gasteiger partial charge in [-0.2, -0.15) is 0 Å². The van der Waals surface area contributed by atoms with E-state index in [0.29, 0.717) is 5.19 Å². The van der Waals surface area contributed by atoms with Gasteiger partial charge in [-0.25, -0.2) is 4.98 Å². The van der Waals surface area contributed by atoms with E-state index in [-0.39, 0.29) is 0 Å². The van der Waals surface area contributed by atoms with Gasteiger partial charge in [-0.3, -0.25) is 0 Å². The Morgan fingerprint density at radius 3 is 2.62 bits per heavy atom. The van der Waals surface area contributed by atoms with Crippen molar-refractivity contribution in [1.29, 1.82) is 0 Å². The van der Waals surface area contributed by atoms with Gasteiger partial charge in [-0.1, -0.05) is 27.3 Å². The molecule has 0 aliphatic carbocycles. The zero-order valence-corrected chi connectivity index (χ0v) is 9.01. The van der Waals surface area contributed by atoms with E-state index in [1.165, 1.54) is 11.3 Å². The third-order valence-corrected chi connectivity index (χ3v) is 2.61. The van der Waals surface area contributed by atoms with Gasteiger partial charge in [0.25, 0.3) is 5.19 Å². The van der Waals surface area contributed by atoms with Gasteiger partial charge >= 0.3 is 0 Å². The van der Waals surface area contributed by atoms with E-state index in [4.69, 9.17) is 4.74 Å². The highest BCUT2D eigenvalue weighted by Gasteiger charge is 1.97. The van der Waals surface area contributed by atoms with Gasteiger partial charge in [0.2, 0.25) is 0 Å². The van der Waals surface area contributed by atoms with Crippen molar-refractivity contribution in [2.75, 3.05) is 0 Å². The number of hydrogen-bond acceptors (Lipinski definition) is 3. The van der Waals surface area contributed by atoms with Gasteiger partial charge in [-0.15, -0.1) is 0 Å². The summed E-state index contributed by atoms with van der Waals surface area (Å²) in [5, 5.41) is 2.55. The van der Waals surface area contributed by atoms with Gasteiger partial charge in [0.05, 0.1) is 0 Å². The summed E-state index contributed by atoms with van der Waals surface area (Å²) in [5.41, 5.74) is 0. The quantitative estimate of drug-likeness (QED) is 0.817. The molecule has 0 bridgehead atoms. The smallest absolute Gasteiger partial charge is 0.278 e. The number of thiazole rings is 1. The van der Waals surface area contributed by atoms with Crippen LogP contribution in [-0.2, 0) is 0 Å². The summed E-state index contributed by atoms with van der Waals surface area (Å²) in [6, 6.07) is 7.66. The average molecular weight is 256 g/mol. The number of nitrogens with zero attached hydrogens (tertiary/aromatic N) is 1. The largest absolute Gasteiger partial charge is 0.431 e. The van der Waals surface area contributed by atoms with Gasteiger partial charge < -0.3 is 4.74 Å². The van der Waals surface area contributed by atoms with Crippen LogP contribution in [0.15, 0.2) is 40.3 Å². The van der Waals surface area contributed by atoms with Crippen LogP contribution >= 0.6 is 27.3 Å². The molecule has 0 spiro atoms. The molecule has 0 radical (unpaired) electrons. The van der Waals surface area contributed by atoms with Crippen molar-refractivity contribution >= 4 is 27.3 Å². The van der Waals surface area contributed by atoms with Crippen LogP contribution in [-0.4, -0.2) is 4.98 Å². The number of benzene rings is 1. The molecule has 0 aliphatic heterocycles. The Kier molecular flexibility index (Phi) is 2.61. The second-order valence-corrected chi connectivity index (χ2v) is 4.13. The molecule has 1 aromatic carbocycles. The highest BCUT2D eigenvalue weighted by atomic mass is 79.9. The zero-order chi connectivity index (χ0) is 9.10. The van der Waals surface area contributed by atoms with E-state index in [1.807, 2.05) is 29.6 Å². The van der Waals surface area contributed by atoms with Gasteiger partial charge in [0.15, 0.2) is 0 Å². The first-order chi connectivity index (χ1) is 6.34. The van der Waals surface area contributed by atoms with Crippen LogP contribution in [0.2, 0.25) is 0 Å². The first-order valence-corrected chi connectivity index (χ1v) is 5.35. The monoisotopic (exact) mass is 255 g/mol. The van der Waals surface area contributed by atoms with Crippen molar-refractivity contribution in [3.8, 4) is 10.9 Å². The number of rotatable bonds is 2. The van der Waals surface area contributed by atoms with Crippen molar-refractivity contribution in [3.05, 3.63) is 40.3 Å². The first kappa shape index (κ1) is 8.72. The lowest BCUT2D eigenvalue weighted by molar-refractivity contribution is 0.479. The van der Waals surface area contributed by atoms with Crippen molar-refractivity contribution in [1.82, 2.24) is 4.98 Å². The minimum Gasteiger partial charge on any atom is -0.431 e. The Morgan fingerprint density at radius 1 is 1.23 bits per heavy atom. The number of hydrogen-bond donors (Lipinski definition) is 0. The van der Waals surface area contributed by atoms with Gasteiger partial charge in [-0.05, 0) is 24.3 Å². The SMILES string of the molecule is Brc1ccc(Oc2nccs2)cc1. The van der Waals surface area contributed by atoms with E-state index >= 15 is 0 Å². The molecular formula is C9H6BrNOS. The lowest BCUT2D eigenvalue weighted by Gasteiger charge is -2.00. The first-order valence-electron chi connectivity index (χ1n) is 3.67. The number of ether oxygens (including phenoxy) is 1. The fourth-order valence-electron chi connectivity index (χ4n) is 0.864. The fraction of sp³-hybridized carbons (Fsp3) is 0. The molecule has 0 saturated heterocycles. The molecule has 13 heavy (non-hydrogen) atoms. The van der Waals surface area contributed by atoms with E-state index in [9.17, 15) is 0 Å². The Labute approximate surface area is 88.3 Å². The topological polar surface area (TPSA) is 22.1 Å². The Hall–Kier alpha value is -0.870. The Morgan fingerprint density at radius 2 is 2.00 bits per heavy atom. The standard InChI is InChI=1S/C9H6BrNOS/c10-7-1-3-8(4-2-7)12-9-11-5-6-13-9/h1-6H. The predicted molar refractivity (Wildman–Crippen MR) is 56.3 cm³/mol. The summed E-state index contributed by atoms with van der Waals surface area (Å²) in [5.74, 6) is 0.804. The molecule has 0 atom stereocenters. The van der Waals surface area contributed by atoms with Crippen LogP contribution in [0.25, 0.3) is 0 Å². The lowest BCUT2D eigenvalue weighted by atomic mass is 10.3. The molecule has 1 heterocycles. The molecule has 66 valence electrons. The van der Waals surface area contributed by atoms with E-state index in [2.05, 4.69) is 20.9 Å². The fourth-order valence-corrected chi connectivity index (χ4v) is 1.63. The summed E-state index contributed by atoms with van der Waals surface area (Å²) < 4.78 is 6.50. The Balaban J connectivity index is 2.15. The summed E-state index contributed by atoms with van der Waals surface area (Å²) in [7, 11) is 0. The summed E-state index contributed by atoms with van der Waals surface area (Å²) in [6.07, 6.45) is 1.72. The molecule has 1 aromatic heterocycles. The summed E-state index contributed by atoms with van der Waals surface area (Å²) >= 11 is 4.83. The predicted octanol–water partition coefficient (Wildman–Crippen LogP) is 3.70. The molecule has 0 aliphatic rings. The van der Waals surface area contributed by atoms with Crippen LogP contribution in [0.3, 0.4) is 0 Å². The number of halogens is 1. The molecule has 2 aromatic rings. The van der Waals surface area contributed by atoms with Crippen LogP contribution < -0.4 is 4.74 Å². The highest BCUT2D eigenvalue weighted by Crippen LogP contribution is 2.24. The van der Waals surface area contributed by atoms with Gasteiger partial charge in [0, 0.05) is 16.0 Å². The minimum absolute atomic E-state index is 0.669. The van der Waals surface area contributed by atoms with Crippen molar-refractivity contribution < 1.29 is 4.74 Å². The van der Waals surface area contributed by atoms with Crippen LogP contribution in [0, 0.1) is 0 Å². The van der Waals surface area contributed by atoms with E-state index in [1.54, 1.807) is 6.20 Å². The third kappa shape index (κ3) is 2.29.